The molecule has 176 valence electrons. The molecular weight excluding hydrogens is 446 g/mol. The van der Waals surface area contributed by atoms with Crippen LogP contribution in [0.25, 0.3) is 5.52 Å². The Labute approximate surface area is 201 Å². The quantitative estimate of drug-likeness (QED) is 0.324. The third-order valence-corrected chi connectivity index (χ3v) is 5.22. The molecule has 35 heavy (non-hydrogen) atoms. The van der Waals surface area contributed by atoms with E-state index in [4.69, 9.17) is 4.74 Å². The third-order valence-electron chi connectivity index (χ3n) is 5.22. The Morgan fingerprint density at radius 3 is 2.49 bits per heavy atom. The molecule has 0 saturated carbocycles. The zero-order valence-corrected chi connectivity index (χ0v) is 19.1. The lowest BCUT2D eigenvalue weighted by Gasteiger charge is -2.12. The number of para-hydroxylation sites is 1. The van der Waals surface area contributed by atoms with Gasteiger partial charge in [-0.1, -0.05) is 18.2 Å². The van der Waals surface area contributed by atoms with E-state index in [0.29, 0.717) is 33.8 Å². The first-order chi connectivity index (χ1) is 17.0. The first-order valence-electron chi connectivity index (χ1n) is 10.7. The molecule has 4 N–H and O–H groups in total. The zero-order chi connectivity index (χ0) is 24.8. The number of urea groups is 1. The number of carbonyl (C=O) groups excluding carboxylic acids is 2. The number of hydrogen-bond donors (Lipinski definition) is 4. The van der Waals surface area contributed by atoms with Crippen molar-refractivity contribution in [2.75, 3.05) is 24.2 Å². The molecule has 0 atom stereocenters. The van der Waals surface area contributed by atoms with E-state index >= 15 is 0 Å². The summed E-state index contributed by atoms with van der Waals surface area (Å²) in [7, 11) is 1.49. The SMILES string of the molecule is CNC(=O)CNC(=O)Nc1cn2ncc(C#N)c(Nc3ccc(Oc4ccccc4)cc3)c2c1C. The summed E-state index contributed by atoms with van der Waals surface area (Å²) in [6.45, 7) is 1.66. The van der Waals surface area contributed by atoms with E-state index < -0.39 is 6.03 Å². The highest BCUT2D eigenvalue weighted by Crippen LogP contribution is 2.33. The molecule has 0 aliphatic rings. The van der Waals surface area contributed by atoms with Gasteiger partial charge in [0.15, 0.2) is 0 Å². The smallest absolute Gasteiger partial charge is 0.319 e. The van der Waals surface area contributed by atoms with Gasteiger partial charge >= 0.3 is 6.03 Å². The molecule has 4 rings (SSSR count). The van der Waals surface area contributed by atoms with Gasteiger partial charge in [0.1, 0.15) is 17.6 Å². The van der Waals surface area contributed by atoms with Crippen LogP contribution >= 0.6 is 0 Å². The Morgan fingerprint density at radius 1 is 1.09 bits per heavy atom. The number of aromatic nitrogens is 2. The van der Waals surface area contributed by atoms with Gasteiger partial charge in [-0.15, -0.1) is 0 Å². The van der Waals surface area contributed by atoms with E-state index in [1.54, 1.807) is 10.7 Å². The van der Waals surface area contributed by atoms with Crippen molar-refractivity contribution in [3.8, 4) is 17.6 Å². The number of nitrogens with one attached hydrogen (secondary N) is 4. The number of aryl methyl sites for hydroxylation is 1. The summed E-state index contributed by atoms with van der Waals surface area (Å²) in [5.41, 5.74) is 3.48. The van der Waals surface area contributed by atoms with Crippen LogP contribution in [0, 0.1) is 18.3 Å². The van der Waals surface area contributed by atoms with E-state index in [0.717, 1.165) is 11.4 Å². The minimum Gasteiger partial charge on any atom is -0.457 e. The number of anilines is 3. The van der Waals surface area contributed by atoms with Crippen molar-refractivity contribution in [1.82, 2.24) is 20.2 Å². The number of hydrogen-bond acceptors (Lipinski definition) is 6. The fraction of sp³-hybridized carbons (Fsp3) is 0.120. The molecule has 0 bridgehead atoms. The summed E-state index contributed by atoms with van der Waals surface area (Å²) in [4.78, 5) is 23.6. The van der Waals surface area contributed by atoms with Crippen molar-refractivity contribution < 1.29 is 14.3 Å². The summed E-state index contributed by atoms with van der Waals surface area (Å²) in [6, 6.07) is 18.5. The minimum atomic E-state index is -0.531. The average Bonchev–Trinajstić information content (AvgIpc) is 3.19. The normalized spacial score (nSPS) is 10.3. The largest absolute Gasteiger partial charge is 0.457 e. The Balaban J connectivity index is 1.58. The van der Waals surface area contributed by atoms with Crippen molar-refractivity contribution in [2.24, 2.45) is 0 Å². The second-order valence-electron chi connectivity index (χ2n) is 7.55. The standard InChI is InChI=1S/C25H23N7O3/c1-16-21(31-25(34)28-14-22(33)27-2)15-32-24(16)23(17(12-26)13-29-32)30-18-8-10-20(11-9-18)35-19-6-4-3-5-7-19/h3-11,13,15,30H,14H2,1-2H3,(H,27,33)(H2,28,31,34). The van der Waals surface area contributed by atoms with Gasteiger partial charge in [-0.3, -0.25) is 4.79 Å². The van der Waals surface area contributed by atoms with Gasteiger partial charge in [-0.25, -0.2) is 9.31 Å². The molecule has 0 fully saturated rings. The molecule has 0 spiro atoms. The maximum atomic E-state index is 12.2. The zero-order valence-electron chi connectivity index (χ0n) is 19.1. The molecule has 2 heterocycles. The number of nitrogens with zero attached hydrogens (tertiary/aromatic N) is 3. The maximum absolute atomic E-state index is 12.2. The molecule has 0 unspecified atom stereocenters. The van der Waals surface area contributed by atoms with Gasteiger partial charge in [0.05, 0.1) is 41.4 Å². The molecule has 0 aliphatic carbocycles. The van der Waals surface area contributed by atoms with Gasteiger partial charge in [0.2, 0.25) is 5.91 Å². The summed E-state index contributed by atoms with van der Waals surface area (Å²) < 4.78 is 7.42. The van der Waals surface area contributed by atoms with Crippen LogP contribution in [-0.4, -0.2) is 35.1 Å². The van der Waals surface area contributed by atoms with Crippen LogP contribution in [0.4, 0.5) is 21.9 Å². The summed E-state index contributed by atoms with van der Waals surface area (Å²) in [5, 5.41) is 24.9. The molecule has 0 radical (unpaired) electrons. The minimum absolute atomic E-state index is 0.150. The predicted molar refractivity (Wildman–Crippen MR) is 132 cm³/mol. The molecular formula is C25H23N7O3. The van der Waals surface area contributed by atoms with E-state index in [1.807, 2.05) is 61.5 Å². The number of rotatable bonds is 7. The fourth-order valence-corrected chi connectivity index (χ4v) is 3.42. The van der Waals surface area contributed by atoms with Crippen LogP contribution in [0.5, 0.6) is 11.5 Å². The lowest BCUT2D eigenvalue weighted by molar-refractivity contribution is -0.119. The van der Waals surface area contributed by atoms with Crippen LogP contribution in [0.2, 0.25) is 0 Å². The molecule has 3 amide bonds. The summed E-state index contributed by atoms with van der Waals surface area (Å²) in [6.07, 6.45) is 3.10. The van der Waals surface area contributed by atoms with Gasteiger partial charge in [0.25, 0.3) is 0 Å². The number of fused-ring (bicyclic) bond motifs is 1. The number of carbonyl (C=O) groups is 2. The topological polar surface area (TPSA) is 133 Å². The monoisotopic (exact) mass is 469 g/mol. The molecule has 10 heteroatoms. The van der Waals surface area contributed by atoms with Gasteiger partial charge in [-0.2, -0.15) is 10.4 Å². The summed E-state index contributed by atoms with van der Waals surface area (Å²) in [5.74, 6) is 1.10. The van der Waals surface area contributed by atoms with E-state index in [1.165, 1.54) is 13.2 Å². The second-order valence-corrected chi connectivity index (χ2v) is 7.55. The van der Waals surface area contributed by atoms with Crippen LogP contribution in [-0.2, 0) is 4.79 Å². The number of ether oxygens (including phenoxy) is 1. The van der Waals surface area contributed by atoms with E-state index in [9.17, 15) is 14.9 Å². The number of benzene rings is 2. The van der Waals surface area contributed by atoms with E-state index in [-0.39, 0.29) is 12.5 Å². The average molecular weight is 470 g/mol. The summed E-state index contributed by atoms with van der Waals surface area (Å²) >= 11 is 0. The first-order valence-corrected chi connectivity index (χ1v) is 10.7. The van der Waals surface area contributed by atoms with Crippen molar-refractivity contribution >= 4 is 34.5 Å². The molecule has 0 saturated heterocycles. The number of amides is 3. The Kier molecular flexibility index (Phi) is 6.78. The molecule has 4 aromatic rings. The van der Waals surface area contributed by atoms with Gasteiger partial charge < -0.3 is 26.0 Å². The Bertz CT molecular complexity index is 1410. The highest BCUT2D eigenvalue weighted by Gasteiger charge is 2.17. The van der Waals surface area contributed by atoms with Crippen LogP contribution < -0.4 is 26.0 Å². The van der Waals surface area contributed by atoms with Crippen LogP contribution in [0.3, 0.4) is 0 Å². The van der Waals surface area contributed by atoms with Crippen LogP contribution in [0.15, 0.2) is 67.0 Å². The molecule has 2 aromatic heterocycles. The highest BCUT2D eigenvalue weighted by molar-refractivity contribution is 5.96. The van der Waals surface area contributed by atoms with Crippen molar-refractivity contribution in [2.45, 2.75) is 6.92 Å². The number of nitriles is 1. The predicted octanol–water partition coefficient (Wildman–Crippen LogP) is 3.92. The molecule has 2 aromatic carbocycles. The van der Waals surface area contributed by atoms with Gasteiger partial charge in [-0.05, 0) is 43.3 Å². The van der Waals surface area contributed by atoms with E-state index in [2.05, 4.69) is 32.4 Å². The maximum Gasteiger partial charge on any atom is 0.319 e. The fourth-order valence-electron chi connectivity index (χ4n) is 3.42. The van der Waals surface area contributed by atoms with Crippen molar-refractivity contribution in [1.29, 1.82) is 5.26 Å². The van der Waals surface area contributed by atoms with Crippen LogP contribution in [0.1, 0.15) is 11.1 Å². The van der Waals surface area contributed by atoms with Crippen molar-refractivity contribution in [3.63, 3.8) is 0 Å². The lowest BCUT2D eigenvalue weighted by atomic mass is 10.1. The van der Waals surface area contributed by atoms with Crippen molar-refractivity contribution in [3.05, 3.63) is 78.1 Å². The lowest BCUT2D eigenvalue weighted by Crippen LogP contribution is -2.37. The molecule has 0 aliphatic heterocycles. The van der Waals surface area contributed by atoms with Gasteiger partial charge in [0, 0.05) is 18.3 Å². The Morgan fingerprint density at radius 2 is 1.80 bits per heavy atom. The third kappa shape index (κ3) is 5.31. The second kappa shape index (κ2) is 10.3. The Hall–Kier alpha value is -5.04. The number of likely N-dealkylation sites (N-methyl/N-ethyl adjacent to an activating group) is 1. The first kappa shape index (κ1) is 23.1. The highest BCUT2D eigenvalue weighted by atomic mass is 16.5. The molecule has 10 nitrogen and oxygen atoms in total.